The summed E-state index contributed by atoms with van der Waals surface area (Å²) in [5, 5.41) is 11.1. The second-order valence-corrected chi connectivity index (χ2v) is 6.06. The number of hydrogen-bond donors (Lipinski definition) is 1. The zero-order chi connectivity index (χ0) is 16.9. The van der Waals surface area contributed by atoms with E-state index in [9.17, 15) is 0 Å². The predicted octanol–water partition coefficient (Wildman–Crippen LogP) is 3.84. The van der Waals surface area contributed by atoms with Gasteiger partial charge in [0.1, 0.15) is 12.7 Å². The van der Waals surface area contributed by atoms with Gasteiger partial charge in [-0.1, -0.05) is 42.5 Å². The van der Waals surface area contributed by atoms with Gasteiger partial charge in [-0.25, -0.2) is 14.6 Å². The lowest BCUT2D eigenvalue weighted by molar-refractivity contribution is 0.879. The molecule has 0 fully saturated rings. The molecule has 0 aliphatic carbocycles. The minimum absolute atomic E-state index is 0.759. The van der Waals surface area contributed by atoms with Crippen LogP contribution in [0.3, 0.4) is 0 Å². The minimum Gasteiger partial charge on any atom is -0.253 e. The number of hydrazone groups is 1. The molecule has 25 heavy (non-hydrogen) atoms. The van der Waals surface area contributed by atoms with Gasteiger partial charge in [0.2, 0.25) is 5.13 Å². The van der Waals surface area contributed by atoms with E-state index in [1.165, 1.54) is 17.7 Å². The Kier molecular flexibility index (Phi) is 4.30. The van der Waals surface area contributed by atoms with Gasteiger partial charge in [-0.2, -0.15) is 10.2 Å². The highest BCUT2D eigenvalue weighted by Gasteiger charge is 2.02. The van der Waals surface area contributed by atoms with Crippen LogP contribution in [0.5, 0.6) is 0 Å². The molecule has 7 heteroatoms. The van der Waals surface area contributed by atoms with Crippen molar-refractivity contribution in [2.45, 2.75) is 0 Å². The molecule has 0 spiro atoms. The highest BCUT2D eigenvalue weighted by atomic mass is 32.1. The molecule has 0 saturated carbocycles. The third-order valence-electron chi connectivity index (χ3n) is 3.52. The Hall–Kier alpha value is -3.32. The monoisotopic (exact) mass is 346 g/mol. The average molecular weight is 346 g/mol. The van der Waals surface area contributed by atoms with Crippen molar-refractivity contribution in [1.82, 2.24) is 19.7 Å². The van der Waals surface area contributed by atoms with E-state index in [1.54, 1.807) is 17.2 Å². The van der Waals surface area contributed by atoms with E-state index < -0.39 is 0 Å². The van der Waals surface area contributed by atoms with Crippen molar-refractivity contribution in [3.8, 4) is 16.9 Å². The van der Waals surface area contributed by atoms with E-state index in [2.05, 4.69) is 25.6 Å². The third kappa shape index (κ3) is 3.61. The maximum absolute atomic E-state index is 4.53. The van der Waals surface area contributed by atoms with Crippen molar-refractivity contribution in [2.75, 3.05) is 5.43 Å². The molecular weight excluding hydrogens is 332 g/mol. The maximum atomic E-state index is 4.53. The van der Waals surface area contributed by atoms with Crippen LogP contribution in [0, 0.1) is 0 Å². The molecule has 2 aromatic heterocycles. The second-order valence-electron chi connectivity index (χ2n) is 5.21. The quantitative estimate of drug-likeness (QED) is 0.440. The summed E-state index contributed by atoms with van der Waals surface area (Å²) < 4.78 is 1.71. The fourth-order valence-corrected chi connectivity index (χ4v) is 2.95. The van der Waals surface area contributed by atoms with E-state index >= 15 is 0 Å². The fraction of sp³-hybridized carbons (Fsp3) is 0. The average Bonchev–Trinajstić information content (AvgIpc) is 3.35. The lowest BCUT2D eigenvalue weighted by Gasteiger charge is -2.00. The van der Waals surface area contributed by atoms with Crippen LogP contribution < -0.4 is 5.43 Å². The minimum atomic E-state index is 0.759. The number of rotatable bonds is 5. The van der Waals surface area contributed by atoms with Crippen LogP contribution >= 0.6 is 11.3 Å². The van der Waals surface area contributed by atoms with Crippen molar-refractivity contribution < 1.29 is 0 Å². The topological polar surface area (TPSA) is 68.0 Å². The summed E-state index contributed by atoms with van der Waals surface area (Å²) in [4.78, 5) is 8.47. The number of nitrogens with one attached hydrogen (secondary N) is 1. The molecule has 6 nitrogen and oxygen atoms in total. The molecule has 0 radical (unpaired) electrons. The Morgan fingerprint density at radius 2 is 1.88 bits per heavy atom. The summed E-state index contributed by atoms with van der Waals surface area (Å²) in [5.74, 6) is 0. The summed E-state index contributed by atoms with van der Waals surface area (Å²) in [6, 6.07) is 18.0. The van der Waals surface area contributed by atoms with E-state index in [0.29, 0.717) is 0 Å². The van der Waals surface area contributed by atoms with Gasteiger partial charge in [-0.3, -0.25) is 5.43 Å². The molecule has 2 heterocycles. The maximum Gasteiger partial charge on any atom is 0.203 e. The smallest absolute Gasteiger partial charge is 0.203 e. The summed E-state index contributed by atoms with van der Waals surface area (Å²) in [5.41, 5.74) is 6.95. The lowest BCUT2D eigenvalue weighted by atomic mass is 10.2. The first-order valence-electron chi connectivity index (χ1n) is 7.63. The van der Waals surface area contributed by atoms with Crippen molar-refractivity contribution >= 4 is 22.7 Å². The summed E-state index contributed by atoms with van der Waals surface area (Å²) in [6.45, 7) is 0. The molecule has 0 unspecified atom stereocenters. The van der Waals surface area contributed by atoms with Gasteiger partial charge >= 0.3 is 0 Å². The molecule has 0 bridgehead atoms. The van der Waals surface area contributed by atoms with E-state index in [1.807, 2.05) is 60.0 Å². The largest absolute Gasteiger partial charge is 0.253 e. The summed E-state index contributed by atoms with van der Waals surface area (Å²) in [6.07, 6.45) is 4.93. The molecule has 0 aliphatic heterocycles. The molecule has 0 amide bonds. The fourth-order valence-electron chi connectivity index (χ4n) is 2.28. The predicted molar refractivity (Wildman–Crippen MR) is 100 cm³/mol. The van der Waals surface area contributed by atoms with Crippen molar-refractivity contribution in [3.05, 3.63) is 78.2 Å². The van der Waals surface area contributed by atoms with Crippen LogP contribution in [0.15, 0.2) is 77.7 Å². The first-order valence-corrected chi connectivity index (χ1v) is 8.51. The van der Waals surface area contributed by atoms with Gasteiger partial charge in [0, 0.05) is 10.9 Å². The van der Waals surface area contributed by atoms with Crippen molar-refractivity contribution in [3.63, 3.8) is 0 Å². The highest BCUT2D eigenvalue weighted by Crippen LogP contribution is 2.24. The number of benzene rings is 2. The van der Waals surface area contributed by atoms with E-state index in [-0.39, 0.29) is 0 Å². The lowest BCUT2D eigenvalue weighted by Crippen LogP contribution is -1.95. The van der Waals surface area contributed by atoms with Crippen LogP contribution in [-0.4, -0.2) is 26.0 Å². The summed E-state index contributed by atoms with van der Waals surface area (Å²) in [7, 11) is 0. The van der Waals surface area contributed by atoms with E-state index in [0.717, 1.165) is 27.6 Å². The number of anilines is 1. The van der Waals surface area contributed by atoms with Crippen LogP contribution in [0.1, 0.15) is 5.56 Å². The molecule has 0 aliphatic rings. The van der Waals surface area contributed by atoms with Gasteiger partial charge in [0.15, 0.2) is 0 Å². The molecule has 0 saturated heterocycles. The molecule has 4 aromatic rings. The molecule has 1 N–H and O–H groups in total. The van der Waals surface area contributed by atoms with Crippen molar-refractivity contribution in [1.29, 1.82) is 0 Å². The second kappa shape index (κ2) is 7.06. The number of hydrogen-bond acceptors (Lipinski definition) is 6. The van der Waals surface area contributed by atoms with Gasteiger partial charge in [-0.15, -0.1) is 11.3 Å². The molecular formula is C18H14N6S. The molecule has 0 atom stereocenters. The Morgan fingerprint density at radius 1 is 1.04 bits per heavy atom. The Bertz CT molecular complexity index is 959. The normalized spacial score (nSPS) is 11.0. The Labute approximate surface area is 148 Å². The van der Waals surface area contributed by atoms with Gasteiger partial charge < -0.3 is 0 Å². The van der Waals surface area contributed by atoms with Crippen LogP contribution in [0.4, 0.5) is 5.13 Å². The van der Waals surface area contributed by atoms with Gasteiger partial charge in [-0.05, 0) is 17.7 Å². The van der Waals surface area contributed by atoms with Gasteiger partial charge in [0.05, 0.1) is 17.6 Å². The van der Waals surface area contributed by atoms with Gasteiger partial charge in [0.25, 0.3) is 0 Å². The highest BCUT2D eigenvalue weighted by molar-refractivity contribution is 7.14. The molecule has 122 valence electrons. The summed E-state index contributed by atoms with van der Waals surface area (Å²) >= 11 is 1.53. The van der Waals surface area contributed by atoms with Crippen molar-refractivity contribution in [2.24, 2.45) is 5.10 Å². The van der Waals surface area contributed by atoms with Crippen LogP contribution in [0.25, 0.3) is 16.9 Å². The number of aromatic nitrogens is 4. The Morgan fingerprint density at radius 3 is 2.64 bits per heavy atom. The third-order valence-corrected chi connectivity index (χ3v) is 4.27. The standard InChI is InChI=1S/C18H14N6S/c1-2-4-15(5-3-1)17-11-25-18(22-17)23-20-10-14-6-8-16(9-7-14)24-13-19-12-21-24/h1-13H,(H,22,23)/b20-10+. The number of thiazole rings is 1. The SMILES string of the molecule is C(=N\Nc1nc(-c2ccccc2)cs1)/c1ccc(-n2cncn2)cc1. The molecule has 2 aromatic carbocycles. The van der Waals surface area contributed by atoms with E-state index in [4.69, 9.17) is 0 Å². The van der Waals surface area contributed by atoms with Crippen LogP contribution in [0.2, 0.25) is 0 Å². The van der Waals surface area contributed by atoms with Crippen LogP contribution in [-0.2, 0) is 0 Å². The zero-order valence-electron chi connectivity index (χ0n) is 13.1. The first kappa shape index (κ1) is 15.2. The first-order chi connectivity index (χ1) is 12.4. The number of nitrogens with zero attached hydrogens (tertiary/aromatic N) is 5. The zero-order valence-corrected chi connectivity index (χ0v) is 14.0. The molecule has 4 rings (SSSR count). The Balaban J connectivity index is 1.40.